The maximum Gasteiger partial charge on any atom is 0.454 e. The maximum absolute atomic E-state index is 11.6. The fourth-order valence-electron chi connectivity index (χ4n) is 7.25. The number of allylic oxidation sites excluding steroid dienone is 2. The molecule has 0 spiro atoms. The molecule has 0 saturated carbocycles. The summed E-state index contributed by atoms with van der Waals surface area (Å²) in [6.07, 6.45) is -2.70. The van der Waals surface area contributed by atoms with Crippen molar-refractivity contribution in [2.45, 2.75) is 39.8 Å². The van der Waals surface area contributed by atoms with Gasteiger partial charge in [-0.15, -0.1) is 29.3 Å². The van der Waals surface area contributed by atoms with Crippen LogP contribution in [-0.4, -0.2) is 22.1 Å². The third-order valence-corrected chi connectivity index (χ3v) is 10.7. The van der Waals surface area contributed by atoms with Crippen LogP contribution in [0.25, 0.3) is 78.0 Å². The third kappa shape index (κ3) is 11.7. The zero-order valence-electron chi connectivity index (χ0n) is 35.9. The van der Waals surface area contributed by atoms with E-state index in [1.807, 2.05) is 6.20 Å². The normalized spacial score (nSPS) is 11.4. The number of benzene rings is 7. The first-order valence-corrected chi connectivity index (χ1v) is 20.9. The van der Waals surface area contributed by atoms with Crippen LogP contribution in [0.3, 0.4) is 0 Å². The van der Waals surface area contributed by atoms with Gasteiger partial charge in [0.2, 0.25) is 0 Å². The van der Waals surface area contributed by atoms with Crippen molar-refractivity contribution in [2.24, 2.45) is 5.92 Å². The molecule has 8 aromatic rings. The molecular formula is C57H47F3NO2Pt-. The molecule has 7 aromatic carbocycles. The number of hydrogen-bond donors (Lipinski definition) is 1. The minimum Gasteiger partial charge on any atom is -0.512 e. The standard InChI is InChI=1S/C50H38N.C7H9F3O2.Pt/c1-35(2)48-25-23-40(33-49(48)47-31-44(38-19-11-5-12-20-38)28-45(32-47)39-21-13-6-14-22-39)50-26-24-41(34-51-50)46-29-42(36-15-7-3-8-16-36)27-43(30-46)37-17-9-4-10-18-37;1-4(2)5(11)3-6(12)7(8,9)10;/h3-22,24-35H,1-2H3;3-4,11H,1-2H3;/q-1;;/b;5-3-;. The fraction of sp³-hybridized carbons (Fsp3) is 0.123. The number of rotatable bonds is 10. The van der Waals surface area contributed by atoms with E-state index in [1.54, 1.807) is 0 Å². The van der Waals surface area contributed by atoms with Crippen LogP contribution in [0, 0.1) is 12.0 Å². The van der Waals surface area contributed by atoms with E-state index in [1.165, 1.54) is 75.0 Å². The summed E-state index contributed by atoms with van der Waals surface area (Å²) in [5.41, 5.74) is 17.3. The van der Waals surface area contributed by atoms with Crippen molar-refractivity contribution < 1.29 is 44.1 Å². The molecule has 1 aromatic heterocycles. The second-order valence-corrected chi connectivity index (χ2v) is 16.0. The molecule has 8 rings (SSSR count). The number of aromatic nitrogens is 1. The van der Waals surface area contributed by atoms with E-state index < -0.39 is 23.6 Å². The fourth-order valence-corrected chi connectivity index (χ4v) is 7.25. The number of ketones is 1. The van der Waals surface area contributed by atoms with Gasteiger partial charge in [0.15, 0.2) is 0 Å². The Morgan fingerprint density at radius 1 is 0.547 bits per heavy atom. The van der Waals surface area contributed by atoms with Crippen molar-refractivity contribution in [1.29, 1.82) is 0 Å². The molecule has 0 aliphatic rings. The summed E-state index contributed by atoms with van der Waals surface area (Å²) in [5.74, 6) is -2.74. The van der Waals surface area contributed by atoms with E-state index in [0.717, 1.165) is 22.4 Å². The number of hydrogen-bond acceptors (Lipinski definition) is 3. The van der Waals surface area contributed by atoms with E-state index in [9.17, 15) is 18.0 Å². The average Bonchev–Trinajstić information content (AvgIpc) is 3.32. The number of alkyl halides is 3. The van der Waals surface area contributed by atoms with Gasteiger partial charge in [0, 0.05) is 39.3 Å². The first-order valence-electron chi connectivity index (χ1n) is 20.9. The van der Waals surface area contributed by atoms with Crippen molar-refractivity contribution >= 4 is 5.78 Å². The van der Waals surface area contributed by atoms with Gasteiger partial charge >= 0.3 is 6.18 Å². The number of pyridine rings is 1. The van der Waals surface area contributed by atoms with Crippen LogP contribution in [0.15, 0.2) is 200 Å². The molecule has 324 valence electrons. The number of halogens is 3. The van der Waals surface area contributed by atoms with Crippen LogP contribution < -0.4 is 0 Å². The van der Waals surface area contributed by atoms with Gasteiger partial charge in [-0.1, -0.05) is 173 Å². The Hall–Kier alpha value is -6.62. The van der Waals surface area contributed by atoms with E-state index in [-0.39, 0.29) is 27.1 Å². The molecule has 1 heterocycles. The number of aliphatic hydroxyl groups excluding tert-OH is 1. The summed E-state index contributed by atoms with van der Waals surface area (Å²) in [6.45, 7) is 7.47. The van der Waals surface area contributed by atoms with Gasteiger partial charge in [-0.25, -0.2) is 0 Å². The molecule has 1 N–H and O–H groups in total. The number of nitrogens with zero attached hydrogens (tertiary/aromatic N) is 1. The van der Waals surface area contributed by atoms with Crippen molar-refractivity contribution in [3.63, 3.8) is 0 Å². The minimum absolute atomic E-state index is 0. The van der Waals surface area contributed by atoms with Gasteiger partial charge < -0.3 is 10.1 Å². The molecule has 0 amide bonds. The van der Waals surface area contributed by atoms with Crippen molar-refractivity contribution in [3.05, 3.63) is 212 Å². The van der Waals surface area contributed by atoms with Crippen molar-refractivity contribution in [2.75, 3.05) is 0 Å². The summed E-state index contributed by atoms with van der Waals surface area (Å²) < 4.78 is 34.7. The first kappa shape index (κ1) is 46.9. The van der Waals surface area contributed by atoms with E-state index in [0.29, 0.717) is 5.92 Å². The zero-order chi connectivity index (χ0) is 44.5. The van der Waals surface area contributed by atoms with Gasteiger partial charge in [0.25, 0.3) is 5.78 Å². The third-order valence-electron chi connectivity index (χ3n) is 10.7. The Bertz CT molecular complexity index is 2710. The second kappa shape index (κ2) is 21.2. The summed E-state index contributed by atoms with van der Waals surface area (Å²) >= 11 is 0. The van der Waals surface area contributed by atoms with Gasteiger partial charge in [-0.05, 0) is 103 Å². The average molecular weight is 1030 g/mol. The molecule has 0 aliphatic heterocycles. The van der Waals surface area contributed by atoms with Crippen LogP contribution in [0.5, 0.6) is 0 Å². The Morgan fingerprint density at radius 2 is 0.938 bits per heavy atom. The molecule has 0 atom stereocenters. The molecular weight excluding hydrogens is 983 g/mol. The molecule has 0 radical (unpaired) electrons. The monoisotopic (exact) mass is 1030 g/mol. The summed E-state index contributed by atoms with van der Waals surface area (Å²) in [4.78, 5) is 15.3. The van der Waals surface area contributed by atoms with Crippen molar-refractivity contribution in [3.8, 4) is 78.0 Å². The largest absolute Gasteiger partial charge is 0.512 e. The predicted octanol–water partition coefficient (Wildman–Crippen LogP) is 15.9. The molecule has 0 unspecified atom stereocenters. The van der Waals surface area contributed by atoms with Gasteiger partial charge in [0.1, 0.15) is 0 Å². The Balaban J connectivity index is 0.000000461. The second-order valence-electron chi connectivity index (χ2n) is 16.0. The SMILES string of the molecule is CC(C)/C(O)=C/C(=O)C(F)(F)F.CC(C)c1c[c-]c(-c2ccc(-c3cc(-c4ccccc4)cc(-c4ccccc4)c3)cn2)cc1-c1cc(-c2ccccc2)cc(-c2ccccc2)c1.[Pt]. The van der Waals surface area contributed by atoms with Crippen LogP contribution in [0.2, 0.25) is 0 Å². The number of carbonyl (C=O) groups excluding carboxylic acids is 1. The molecule has 3 nitrogen and oxygen atoms in total. The predicted molar refractivity (Wildman–Crippen MR) is 252 cm³/mol. The number of aliphatic hydroxyl groups is 1. The van der Waals surface area contributed by atoms with Crippen LogP contribution in [-0.2, 0) is 25.9 Å². The zero-order valence-corrected chi connectivity index (χ0v) is 38.2. The van der Waals surface area contributed by atoms with Crippen LogP contribution in [0.1, 0.15) is 39.2 Å². The molecule has 0 bridgehead atoms. The summed E-state index contributed by atoms with van der Waals surface area (Å²) in [6, 6.07) is 68.6. The molecule has 7 heteroatoms. The van der Waals surface area contributed by atoms with E-state index in [2.05, 4.69) is 202 Å². The van der Waals surface area contributed by atoms with Crippen LogP contribution in [0.4, 0.5) is 13.2 Å². The number of carbonyl (C=O) groups is 1. The minimum atomic E-state index is -4.90. The van der Waals surface area contributed by atoms with E-state index in [4.69, 9.17) is 10.1 Å². The molecule has 0 saturated heterocycles. The van der Waals surface area contributed by atoms with E-state index >= 15 is 0 Å². The van der Waals surface area contributed by atoms with Crippen LogP contribution >= 0.6 is 0 Å². The topological polar surface area (TPSA) is 50.2 Å². The smallest absolute Gasteiger partial charge is 0.454 e. The molecule has 64 heavy (non-hydrogen) atoms. The quantitative estimate of drug-likeness (QED) is 0.0844. The Labute approximate surface area is 388 Å². The Morgan fingerprint density at radius 3 is 1.28 bits per heavy atom. The van der Waals surface area contributed by atoms with Crippen molar-refractivity contribution in [1.82, 2.24) is 4.98 Å². The Kier molecular flexibility index (Phi) is 15.5. The molecule has 0 fully saturated rings. The summed E-state index contributed by atoms with van der Waals surface area (Å²) in [5, 5.41) is 8.80. The van der Waals surface area contributed by atoms with Gasteiger partial charge in [0.05, 0.1) is 5.76 Å². The van der Waals surface area contributed by atoms with Gasteiger partial charge in [-0.3, -0.25) is 4.79 Å². The molecule has 0 aliphatic carbocycles. The summed E-state index contributed by atoms with van der Waals surface area (Å²) in [7, 11) is 0. The maximum atomic E-state index is 11.6. The first-order chi connectivity index (χ1) is 30.3. The van der Waals surface area contributed by atoms with Gasteiger partial charge in [-0.2, -0.15) is 13.2 Å².